The third-order valence-corrected chi connectivity index (χ3v) is 3.12. The molecule has 2 aromatic carbocycles. The molecule has 0 aromatic heterocycles. The van der Waals surface area contributed by atoms with Crippen LogP contribution in [0.25, 0.3) is 0 Å². The van der Waals surface area contributed by atoms with Crippen molar-refractivity contribution < 1.29 is 31.1 Å². The minimum Gasteiger partial charge on any atom is -0.302 e. The Kier molecular flexibility index (Phi) is 4.99. The Bertz CT molecular complexity index is 611. The number of hydrogen-bond acceptors (Lipinski definition) is 1. The van der Waals surface area contributed by atoms with Gasteiger partial charge in [-0.2, -0.15) is 22.0 Å². The molecular weight excluding hydrogens is 322 g/mol. The Morgan fingerprint density at radius 3 is 1.57 bits per heavy atom. The average molecular weight is 334 g/mol. The zero-order valence-corrected chi connectivity index (χ0v) is 11.6. The molecule has 0 amide bonds. The Morgan fingerprint density at radius 2 is 1.13 bits per heavy atom. The lowest BCUT2D eigenvalue weighted by molar-refractivity contribution is -0.407. The van der Waals surface area contributed by atoms with Crippen LogP contribution >= 0.6 is 0 Å². The maximum absolute atomic E-state index is 14.6. The van der Waals surface area contributed by atoms with Crippen LogP contribution in [-0.2, 0) is 4.74 Å². The first-order valence-corrected chi connectivity index (χ1v) is 6.59. The van der Waals surface area contributed by atoms with Crippen molar-refractivity contribution in [2.45, 2.75) is 24.6 Å². The highest BCUT2D eigenvalue weighted by Crippen LogP contribution is 2.44. The first-order valence-electron chi connectivity index (χ1n) is 6.59. The molecule has 0 aliphatic heterocycles. The van der Waals surface area contributed by atoms with Gasteiger partial charge in [-0.15, -0.1) is 0 Å². The minimum atomic E-state index is -5.93. The monoisotopic (exact) mass is 334 g/mol. The molecule has 23 heavy (non-hydrogen) atoms. The zero-order chi connectivity index (χ0) is 17.1. The first-order chi connectivity index (χ1) is 10.7. The van der Waals surface area contributed by atoms with E-state index in [1.807, 2.05) is 0 Å². The van der Waals surface area contributed by atoms with Crippen molar-refractivity contribution in [3.05, 3.63) is 71.8 Å². The highest BCUT2D eigenvalue weighted by molar-refractivity contribution is 5.25. The minimum absolute atomic E-state index is 0.0562. The molecule has 0 saturated heterocycles. The summed E-state index contributed by atoms with van der Waals surface area (Å²) in [6, 6.07) is 13.8. The summed E-state index contributed by atoms with van der Waals surface area (Å²) >= 11 is 0. The highest BCUT2D eigenvalue weighted by Gasteiger charge is 2.61. The van der Waals surface area contributed by atoms with Crippen molar-refractivity contribution in [1.29, 1.82) is 0 Å². The van der Waals surface area contributed by atoms with Gasteiger partial charge in [0.25, 0.3) is 0 Å². The molecule has 124 valence electrons. The molecule has 0 unspecified atom stereocenters. The molecule has 0 saturated carbocycles. The number of rotatable bonds is 5. The van der Waals surface area contributed by atoms with E-state index in [1.165, 1.54) is 54.6 Å². The second-order valence-corrected chi connectivity index (χ2v) is 4.78. The molecule has 0 bridgehead atoms. The van der Waals surface area contributed by atoms with E-state index in [0.29, 0.717) is 0 Å². The van der Waals surface area contributed by atoms with Crippen LogP contribution < -0.4 is 0 Å². The normalized spacial score (nSPS) is 15.2. The lowest BCUT2D eigenvalue weighted by atomic mass is 9.99. The fraction of sp³-hybridized carbons (Fsp3) is 0.250. The Labute approximate surface area is 128 Å². The second-order valence-electron chi connectivity index (χ2n) is 4.78. The molecule has 0 heterocycles. The summed E-state index contributed by atoms with van der Waals surface area (Å²) < 4.78 is 82.0. The average Bonchev–Trinajstić information content (AvgIpc) is 2.52. The smallest absolute Gasteiger partial charge is 0.302 e. The molecule has 0 aliphatic rings. The lowest BCUT2D eigenvalue weighted by Crippen LogP contribution is -2.40. The van der Waals surface area contributed by atoms with Crippen LogP contribution in [-0.4, -0.2) is 12.3 Å². The maximum Gasteiger partial charge on any atom is 0.482 e. The van der Waals surface area contributed by atoms with Gasteiger partial charge in [-0.1, -0.05) is 60.7 Å². The fourth-order valence-electron chi connectivity index (χ4n) is 1.98. The topological polar surface area (TPSA) is 9.23 Å². The number of benzene rings is 2. The van der Waals surface area contributed by atoms with Gasteiger partial charge in [0, 0.05) is 0 Å². The number of hydrogen-bond donors (Lipinski definition) is 0. The van der Waals surface area contributed by atoms with Gasteiger partial charge < -0.3 is 4.74 Å². The van der Waals surface area contributed by atoms with Crippen molar-refractivity contribution >= 4 is 0 Å². The van der Waals surface area contributed by atoms with E-state index in [-0.39, 0.29) is 11.1 Å². The predicted octanol–water partition coefficient (Wildman–Crippen LogP) is 5.61. The summed E-state index contributed by atoms with van der Waals surface area (Å²) in [6.07, 6.45) is -15.7. The number of ether oxygens (including phenoxy) is 1. The first kappa shape index (κ1) is 17.3. The Hall–Kier alpha value is -2.02. The third kappa shape index (κ3) is 4.04. The van der Waals surface area contributed by atoms with Crippen LogP contribution in [0.15, 0.2) is 60.7 Å². The van der Waals surface area contributed by atoms with E-state index in [0.717, 1.165) is 0 Å². The van der Waals surface area contributed by atoms with E-state index in [9.17, 15) is 26.3 Å². The molecule has 0 radical (unpaired) electrons. The van der Waals surface area contributed by atoms with Gasteiger partial charge in [-0.3, -0.25) is 0 Å². The van der Waals surface area contributed by atoms with Gasteiger partial charge in [-0.05, 0) is 11.1 Å². The molecule has 7 heteroatoms. The van der Waals surface area contributed by atoms with E-state index in [1.54, 1.807) is 6.07 Å². The highest BCUT2D eigenvalue weighted by atomic mass is 19.4. The summed E-state index contributed by atoms with van der Waals surface area (Å²) in [5.74, 6) is 0. The quantitative estimate of drug-likeness (QED) is 0.646. The molecule has 2 rings (SSSR count). The molecular formula is C16H12F6O. The van der Waals surface area contributed by atoms with E-state index in [2.05, 4.69) is 4.74 Å². The molecule has 2 atom stereocenters. The van der Waals surface area contributed by atoms with E-state index < -0.39 is 24.6 Å². The molecule has 0 spiro atoms. The van der Waals surface area contributed by atoms with E-state index in [4.69, 9.17) is 0 Å². The van der Waals surface area contributed by atoms with Crippen molar-refractivity contribution in [2.24, 2.45) is 0 Å². The molecule has 2 aromatic rings. The van der Waals surface area contributed by atoms with Crippen LogP contribution in [0.3, 0.4) is 0 Å². The summed E-state index contributed by atoms with van der Waals surface area (Å²) in [5, 5.41) is 0. The van der Waals surface area contributed by atoms with Gasteiger partial charge in [0.1, 0.15) is 6.10 Å². The van der Waals surface area contributed by atoms with Crippen LogP contribution in [0.2, 0.25) is 0 Å². The van der Waals surface area contributed by atoms with Gasteiger partial charge in [0.05, 0.1) is 0 Å². The summed E-state index contributed by atoms with van der Waals surface area (Å²) in [4.78, 5) is 0. The van der Waals surface area contributed by atoms with Crippen molar-refractivity contribution in [2.75, 3.05) is 0 Å². The summed E-state index contributed by atoms with van der Waals surface area (Å²) in [7, 11) is 0. The van der Waals surface area contributed by atoms with Crippen molar-refractivity contribution in [3.63, 3.8) is 0 Å². The van der Waals surface area contributed by atoms with Crippen molar-refractivity contribution in [1.82, 2.24) is 0 Å². The molecule has 0 N–H and O–H groups in total. The second kappa shape index (κ2) is 6.62. The maximum atomic E-state index is 14.6. The standard InChI is InChI=1S/C16H12F6O/c17-13(11-7-3-1-4-8-11)14(12-9-5-2-6-10-12)23-16(21,22)15(18,19)20/h1-10,13-14H/t13-,14-/m0/s1. The Morgan fingerprint density at radius 1 is 0.696 bits per heavy atom. The predicted molar refractivity (Wildman–Crippen MR) is 71.6 cm³/mol. The number of halogens is 6. The Balaban J connectivity index is 2.37. The van der Waals surface area contributed by atoms with Crippen molar-refractivity contribution in [3.8, 4) is 0 Å². The SMILES string of the molecule is F[C@@H](c1ccccc1)[C@@H](OC(F)(F)C(F)(F)F)c1ccccc1. The summed E-state index contributed by atoms with van der Waals surface area (Å²) in [6.45, 7) is 0. The summed E-state index contributed by atoms with van der Waals surface area (Å²) in [5.41, 5.74) is -0.174. The van der Waals surface area contributed by atoms with Crippen LogP contribution in [0.1, 0.15) is 23.4 Å². The van der Waals surface area contributed by atoms with Gasteiger partial charge in [0.15, 0.2) is 6.17 Å². The molecule has 0 fully saturated rings. The van der Waals surface area contributed by atoms with E-state index >= 15 is 0 Å². The number of alkyl halides is 6. The van der Waals surface area contributed by atoms with Crippen LogP contribution in [0, 0.1) is 0 Å². The molecule has 0 aliphatic carbocycles. The largest absolute Gasteiger partial charge is 0.482 e. The van der Waals surface area contributed by atoms with Gasteiger partial charge >= 0.3 is 12.3 Å². The van der Waals surface area contributed by atoms with Gasteiger partial charge in [0.2, 0.25) is 0 Å². The zero-order valence-electron chi connectivity index (χ0n) is 11.6. The molecule has 1 nitrogen and oxygen atoms in total. The lowest BCUT2D eigenvalue weighted by Gasteiger charge is -2.28. The third-order valence-electron chi connectivity index (χ3n) is 3.12. The van der Waals surface area contributed by atoms with Gasteiger partial charge in [-0.25, -0.2) is 4.39 Å². The van der Waals surface area contributed by atoms with Crippen LogP contribution in [0.4, 0.5) is 26.3 Å². The fourth-order valence-corrected chi connectivity index (χ4v) is 1.98. The van der Waals surface area contributed by atoms with Crippen LogP contribution in [0.5, 0.6) is 0 Å².